The van der Waals surface area contributed by atoms with E-state index in [2.05, 4.69) is 10.1 Å². The predicted molar refractivity (Wildman–Crippen MR) is 213 cm³/mol. The normalized spacial score (nSPS) is 22.0. The van der Waals surface area contributed by atoms with Crippen LogP contribution in [0.15, 0.2) is 72.3 Å². The van der Waals surface area contributed by atoms with Crippen LogP contribution in [0.4, 0.5) is 13.2 Å². The van der Waals surface area contributed by atoms with Gasteiger partial charge >= 0.3 is 24.1 Å². The third-order valence-electron chi connectivity index (χ3n) is 10.9. The Labute approximate surface area is 352 Å². The molecule has 1 heterocycles. The highest BCUT2D eigenvalue weighted by molar-refractivity contribution is 5.98. The van der Waals surface area contributed by atoms with Gasteiger partial charge in [-0.3, -0.25) is 14.4 Å². The second-order valence-electron chi connectivity index (χ2n) is 17.1. The molecule has 1 saturated heterocycles. The molecule has 0 spiro atoms. The average Bonchev–Trinajstić information content (AvgIpc) is 4.16. The van der Waals surface area contributed by atoms with Crippen LogP contribution in [0.5, 0.6) is 0 Å². The first kappa shape index (κ1) is 45.5. The van der Waals surface area contributed by atoms with Crippen LogP contribution in [-0.4, -0.2) is 108 Å². The van der Waals surface area contributed by atoms with Gasteiger partial charge in [-0.25, -0.2) is 9.59 Å². The SMILES string of the molecule is CN(C(=O)C1=CC2OC(C3CC3)(C3CC3)OC2C(OC(=O)c2ccccc2C=CC(=O)OCC(F)(F)F)C1)C(Cc1ccccc1)C(=O)NC(CO)CCC(=O)OC(C)(C)C. The van der Waals surface area contributed by atoms with Gasteiger partial charge in [0, 0.05) is 49.8 Å². The van der Waals surface area contributed by atoms with Crippen molar-refractivity contribution in [2.75, 3.05) is 20.3 Å². The van der Waals surface area contributed by atoms with E-state index in [1.165, 1.54) is 24.1 Å². The average molecular weight is 855 g/mol. The maximum atomic E-state index is 14.6. The Morgan fingerprint density at radius 2 is 1.62 bits per heavy atom. The van der Waals surface area contributed by atoms with E-state index in [-0.39, 0.29) is 54.2 Å². The molecule has 0 bridgehead atoms. The summed E-state index contributed by atoms with van der Waals surface area (Å²) in [5, 5.41) is 13.0. The number of aliphatic hydroxyl groups excluding tert-OH is 1. The Balaban J connectivity index is 1.23. The van der Waals surface area contributed by atoms with Crippen molar-refractivity contribution >= 4 is 35.8 Å². The summed E-state index contributed by atoms with van der Waals surface area (Å²) in [7, 11) is 1.49. The van der Waals surface area contributed by atoms with E-state index in [1.54, 1.807) is 39.0 Å². The summed E-state index contributed by atoms with van der Waals surface area (Å²) in [6.07, 6.45) is -0.0996. The summed E-state index contributed by atoms with van der Waals surface area (Å²) < 4.78 is 67.0. The number of hydrogen-bond acceptors (Lipinski definition) is 11. The molecule has 4 aliphatic rings. The molecule has 2 aromatic rings. The Morgan fingerprint density at radius 1 is 0.967 bits per heavy atom. The smallest absolute Gasteiger partial charge is 0.422 e. The molecular weight excluding hydrogens is 801 g/mol. The van der Waals surface area contributed by atoms with Crippen LogP contribution in [0.2, 0.25) is 0 Å². The minimum Gasteiger partial charge on any atom is -0.460 e. The fourth-order valence-corrected chi connectivity index (χ4v) is 7.75. The summed E-state index contributed by atoms with van der Waals surface area (Å²) in [6.45, 7) is 2.99. The van der Waals surface area contributed by atoms with Crippen LogP contribution in [0.3, 0.4) is 0 Å². The molecule has 5 unspecified atom stereocenters. The zero-order chi connectivity index (χ0) is 44.1. The molecule has 2 amide bonds. The predicted octanol–water partition coefficient (Wildman–Crippen LogP) is 5.63. The quantitative estimate of drug-likeness (QED) is 0.115. The first-order valence-corrected chi connectivity index (χ1v) is 20.6. The van der Waals surface area contributed by atoms with E-state index in [0.29, 0.717) is 0 Å². The number of aliphatic hydroxyl groups is 1. The van der Waals surface area contributed by atoms with Crippen molar-refractivity contribution in [1.29, 1.82) is 0 Å². The highest BCUT2D eigenvalue weighted by atomic mass is 19.4. The van der Waals surface area contributed by atoms with Crippen molar-refractivity contribution in [3.63, 3.8) is 0 Å². The lowest BCUT2D eigenvalue weighted by Gasteiger charge is -2.34. The molecule has 3 fully saturated rings. The van der Waals surface area contributed by atoms with Gasteiger partial charge in [-0.1, -0.05) is 48.5 Å². The third-order valence-corrected chi connectivity index (χ3v) is 10.9. The number of esters is 3. The number of halogens is 3. The molecule has 330 valence electrons. The van der Waals surface area contributed by atoms with E-state index in [9.17, 15) is 42.3 Å². The fraction of sp³-hybridized carbons (Fsp3) is 0.533. The van der Waals surface area contributed by atoms with E-state index in [0.717, 1.165) is 43.4 Å². The molecule has 6 rings (SSSR count). The van der Waals surface area contributed by atoms with Crippen molar-refractivity contribution in [3.8, 4) is 0 Å². The van der Waals surface area contributed by atoms with Gasteiger partial charge in [-0.15, -0.1) is 0 Å². The summed E-state index contributed by atoms with van der Waals surface area (Å²) in [4.78, 5) is 68.4. The fourth-order valence-electron chi connectivity index (χ4n) is 7.75. The van der Waals surface area contributed by atoms with Crippen LogP contribution in [0.25, 0.3) is 6.08 Å². The Hall–Kier alpha value is -5.06. The van der Waals surface area contributed by atoms with Crippen LogP contribution in [-0.2, 0) is 49.3 Å². The minimum absolute atomic E-state index is 0.00210. The molecular formula is C45H53F3N2O11. The van der Waals surface area contributed by atoms with Gasteiger partial charge in [0.2, 0.25) is 11.8 Å². The lowest BCUT2D eigenvalue weighted by atomic mass is 9.90. The van der Waals surface area contributed by atoms with Gasteiger partial charge in [0.1, 0.15) is 30.0 Å². The summed E-state index contributed by atoms with van der Waals surface area (Å²) in [5.74, 6) is -4.32. The molecule has 16 heteroatoms. The standard InChI is InChI=1S/C45H53F3N2O11/c1-43(2,3)60-38(53)21-19-32(25-51)49-40(54)34(22-27-10-6-5-7-11-27)50(4)41(55)29-23-35(39-36(24-29)59-45(61-39,30-15-16-30)31-17-18-31)58-42(56)33-13-9-8-12-28(33)14-20-37(52)57-26-44(46,47)48/h5-14,20,24,30-32,34-36,39,51H,15-19,21-23,25-26H2,1-4H3,(H,49,54). The highest BCUT2D eigenvalue weighted by Crippen LogP contribution is 2.59. The number of nitrogens with one attached hydrogen (secondary N) is 1. The molecule has 2 aromatic carbocycles. The summed E-state index contributed by atoms with van der Waals surface area (Å²) in [5.41, 5.74) is 0.432. The highest BCUT2D eigenvalue weighted by Gasteiger charge is 2.64. The molecule has 5 atom stereocenters. The monoisotopic (exact) mass is 854 g/mol. The topological polar surface area (TPSA) is 167 Å². The van der Waals surface area contributed by atoms with Gasteiger partial charge < -0.3 is 39.0 Å². The van der Waals surface area contributed by atoms with E-state index >= 15 is 0 Å². The molecule has 13 nitrogen and oxygen atoms in total. The Kier molecular flexibility index (Phi) is 14.1. The van der Waals surface area contributed by atoms with Gasteiger partial charge in [0.15, 0.2) is 12.4 Å². The minimum atomic E-state index is -4.71. The number of fused-ring (bicyclic) bond motifs is 1. The number of alkyl halides is 3. The molecule has 61 heavy (non-hydrogen) atoms. The second-order valence-corrected chi connectivity index (χ2v) is 17.1. The van der Waals surface area contributed by atoms with Crippen molar-refractivity contribution in [3.05, 3.63) is 89.0 Å². The number of carbonyl (C=O) groups excluding carboxylic acids is 5. The Bertz CT molecular complexity index is 1980. The van der Waals surface area contributed by atoms with Gasteiger partial charge in [-0.2, -0.15) is 13.2 Å². The van der Waals surface area contributed by atoms with Crippen LogP contribution >= 0.6 is 0 Å². The van der Waals surface area contributed by atoms with E-state index in [1.807, 2.05) is 30.3 Å². The van der Waals surface area contributed by atoms with Crippen molar-refractivity contribution in [2.45, 2.75) is 120 Å². The zero-order valence-corrected chi connectivity index (χ0v) is 34.7. The largest absolute Gasteiger partial charge is 0.460 e. The Morgan fingerprint density at radius 3 is 2.25 bits per heavy atom. The maximum absolute atomic E-state index is 14.6. The number of carbonyl (C=O) groups is 5. The van der Waals surface area contributed by atoms with E-state index in [4.69, 9.17) is 18.9 Å². The van der Waals surface area contributed by atoms with Crippen molar-refractivity contribution in [2.24, 2.45) is 11.8 Å². The van der Waals surface area contributed by atoms with Crippen LogP contribution in [0.1, 0.15) is 87.2 Å². The number of amides is 2. The first-order valence-electron chi connectivity index (χ1n) is 20.6. The number of hydrogen-bond donors (Lipinski definition) is 2. The molecule has 1 aliphatic heterocycles. The van der Waals surface area contributed by atoms with Crippen molar-refractivity contribution in [1.82, 2.24) is 10.2 Å². The third kappa shape index (κ3) is 12.1. The second kappa shape index (κ2) is 18.9. The number of likely N-dealkylation sites (N-methyl/N-ethyl adjacent to an activating group) is 1. The zero-order valence-electron chi connectivity index (χ0n) is 34.7. The summed E-state index contributed by atoms with van der Waals surface area (Å²) >= 11 is 0. The molecule has 0 radical (unpaired) electrons. The van der Waals surface area contributed by atoms with Gasteiger partial charge in [0.25, 0.3) is 0 Å². The van der Waals surface area contributed by atoms with Gasteiger partial charge in [-0.05, 0) is 82.2 Å². The number of ether oxygens (including phenoxy) is 5. The van der Waals surface area contributed by atoms with Crippen LogP contribution in [0, 0.1) is 11.8 Å². The van der Waals surface area contributed by atoms with Crippen LogP contribution < -0.4 is 5.32 Å². The molecule has 3 aliphatic carbocycles. The summed E-state index contributed by atoms with van der Waals surface area (Å²) in [6, 6.07) is 13.2. The molecule has 2 N–H and O–H groups in total. The number of benzene rings is 2. The molecule has 0 aromatic heterocycles. The lowest BCUT2D eigenvalue weighted by Crippen LogP contribution is -2.53. The van der Waals surface area contributed by atoms with E-state index < -0.39 is 90.9 Å². The van der Waals surface area contributed by atoms with Gasteiger partial charge in [0.05, 0.1) is 18.2 Å². The molecule has 2 saturated carbocycles. The number of nitrogens with zero attached hydrogens (tertiary/aromatic N) is 1. The van der Waals surface area contributed by atoms with Crippen molar-refractivity contribution < 1.29 is 65.9 Å². The first-order chi connectivity index (χ1) is 28.9. The number of rotatable bonds is 17. The lowest BCUT2D eigenvalue weighted by molar-refractivity contribution is -0.209. The maximum Gasteiger partial charge on any atom is 0.422 e.